The highest BCUT2D eigenvalue weighted by Crippen LogP contribution is 2.64. The zero-order valence-electron chi connectivity index (χ0n) is 16.8. The van der Waals surface area contributed by atoms with Crippen LogP contribution in [0.15, 0.2) is 11.6 Å². The second kappa shape index (κ2) is 7.03. The van der Waals surface area contributed by atoms with Gasteiger partial charge in [0, 0.05) is 6.08 Å². The Hall–Kier alpha value is -0.870. The first-order valence-electron chi connectivity index (χ1n) is 9.64. The van der Waals surface area contributed by atoms with Crippen LogP contribution in [0.2, 0.25) is 0 Å². The van der Waals surface area contributed by atoms with Gasteiger partial charge in [0.15, 0.2) is 0 Å². The number of methoxy groups -OCH3 is 1. The van der Waals surface area contributed by atoms with Gasteiger partial charge >= 0.3 is 5.97 Å². The van der Waals surface area contributed by atoms with E-state index in [2.05, 4.69) is 20.8 Å². The van der Waals surface area contributed by atoms with Crippen molar-refractivity contribution in [3.63, 3.8) is 0 Å². The van der Waals surface area contributed by atoms with Gasteiger partial charge in [-0.3, -0.25) is 0 Å². The zero-order valence-corrected chi connectivity index (χ0v) is 16.8. The molecule has 2 aliphatic carbocycles. The van der Waals surface area contributed by atoms with Crippen LogP contribution >= 0.6 is 0 Å². The number of rotatable bonds is 4. The molecule has 25 heavy (non-hydrogen) atoms. The number of ether oxygens (including phenoxy) is 1. The molecule has 2 aliphatic rings. The first kappa shape index (κ1) is 20.4. The van der Waals surface area contributed by atoms with Crippen LogP contribution < -0.4 is 0 Å². The summed E-state index contributed by atoms with van der Waals surface area (Å²) in [6, 6.07) is 0. The van der Waals surface area contributed by atoms with Crippen molar-refractivity contribution >= 4 is 5.97 Å². The van der Waals surface area contributed by atoms with Crippen molar-refractivity contribution in [2.45, 2.75) is 84.8 Å². The molecule has 0 aromatic heterocycles. The van der Waals surface area contributed by atoms with Crippen molar-refractivity contribution < 1.29 is 19.7 Å². The van der Waals surface area contributed by atoms with Crippen LogP contribution in [0, 0.1) is 22.7 Å². The molecule has 2 rings (SSSR count). The van der Waals surface area contributed by atoms with Crippen LogP contribution in [0.4, 0.5) is 0 Å². The number of hydrogen-bond acceptors (Lipinski definition) is 4. The summed E-state index contributed by atoms with van der Waals surface area (Å²) in [6.45, 7) is 10.5. The third kappa shape index (κ3) is 3.40. The van der Waals surface area contributed by atoms with Gasteiger partial charge in [-0.05, 0) is 68.6 Å². The van der Waals surface area contributed by atoms with Crippen LogP contribution in [0.1, 0.15) is 73.1 Å². The van der Waals surface area contributed by atoms with Crippen molar-refractivity contribution in [2.24, 2.45) is 22.7 Å². The van der Waals surface area contributed by atoms with Gasteiger partial charge in [0.2, 0.25) is 0 Å². The number of esters is 1. The minimum Gasteiger partial charge on any atom is -0.466 e. The Morgan fingerprint density at radius 2 is 1.92 bits per heavy atom. The topological polar surface area (TPSA) is 66.8 Å². The minimum absolute atomic E-state index is 0.173. The van der Waals surface area contributed by atoms with E-state index in [0.717, 1.165) is 37.7 Å². The first-order valence-corrected chi connectivity index (χ1v) is 9.64. The molecule has 2 fully saturated rings. The standard InChI is InChI=1S/C21H36O4/c1-14(13-18(23)25-6)12-17(22)21(5)15(2)9-11-19(3)16(21)8-7-10-20(19,4)24/h13,15-17,22,24H,7-12H2,1-6H3/b14-13+/t15-,16+,17-,19-,20+,21+/m1/s1. The van der Waals surface area contributed by atoms with E-state index in [9.17, 15) is 15.0 Å². The van der Waals surface area contributed by atoms with E-state index < -0.39 is 11.7 Å². The molecule has 0 aromatic rings. The smallest absolute Gasteiger partial charge is 0.330 e. The Kier molecular flexibility index (Phi) is 5.75. The van der Waals surface area contributed by atoms with Crippen LogP contribution in [0.25, 0.3) is 0 Å². The molecule has 0 saturated heterocycles. The van der Waals surface area contributed by atoms with Crippen LogP contribution in [-0.4, -0.2) is 35.0 Å². The van der Waals surface area contributed by atoms with Gasteiger partial charge in [0.1, 0.15) is 0 Å². The van der Waals surface area contributed by atoms with Gasteiger partial charge in [0.25, 0.3) is 0 Å². The second-order valence-corrected chi connectivity index (χ2v) is 9.18. The molecule has 0 unspecified atom stereocenters. The summed E-state index contributed by atoms with van der Waals surface area (Å²) in [7, 11) is 1.36. The quantitative estimate of drug-likeness (QED) is 0.596. The molecule has 0 bridgehead atoms. The van der Waals surface area contributed by atoms with E-state index in [1.54, 1.807) is 0 Å². The molecule has 4 nitrogen and oxygen atoms in total. The third-order valence-corrected chi connectivity index (χ3v) is 7.86. The molecule has 0 amide bonds. The molecule has 2 saturated carbocycles. The summed E-state index contributed by atoms with van der Waals surface area (Å²) < 4.78 is 4.69. The van der Waals surface area contributed by atoms with E-state index >= 15 is 0 Å². The number of fused-ring (bicyclic) bond motifs is 1. The predicted molar refractivity (Wildman–Crippen MR) is 99.0 cm³/mol. The number of aliphatic hydroxyl groups excluding tert-OH is 1. The largest absolute Gasteiger partial charge is 0.466 e. The molecule has 0 spiro atoms. The summed E-state index contributed by atoms with van der Waals surface area (Å²) in [5, 5.41) is 22.3. The van der Waals surface area contributed by atoms with E-state index in [1.807, 2.05) is 13.8 Å². The number of carbonyl (C=O) groups excluding carboxylic acids is 1. The molecule has 0 aliphatic heterocycles. The number of aliphatic hydroxyl groups is 2. The van der Waals surface area contributed by atoms with Gasteiger partial charge in [-0.25, -0.2) is 4.79 Å². The summed E-state index contributed by atoms with van der Waals surface area (Å²) in [4.78, 5) is 11.5. The lowest BCUT2D eigenvalue weighted by Crippen LogP contribution is -2.62. The molecule has 0 radical (unpaired) electrons. The molecular weight excluding hydrogens is 316 g/mol. The van der Waals surface area contributed by atoms with E-state index in [4.69, 9.17) is 4.74 Å². The Labute approximate surface area is 152 Å². The summed E-state index contributed by atoms with van der Waals surface area (Å²) in [5.41, 5.74) is -0.299. The Morgan fingerprint density at radius 3 is 2.52 bits per heavy atom. The van der Waals surface area contributed by atoms with Crippen LogP contribution in [-0.2, 0) is 9.53 Å². The van der Waals surface area contributed by atoms with Gasteiger partial charge in [0.05, 0.1) is 18.8 Å². The Bertz CT molecular complexity index is 538. The molecule has 0 aromatic carbocycles. The van der Waals surface area contributed by atoms with Gasteiger partial charge in [-0.1, -0.05) is 32.8 Å². The maximum absolute atomic E-state index is 11.5. The zero-order chi connectivity index (χ0) is 19.0. The molecule has 6 atom stereocenters. The first-order chi connectivity index (χ1) is 11.5. The average Bonchev–Trinajstić information content (AvgIpc) is 2.52. The highest BCUT2D eigenvalue weighted by molar-refractivity contribution is 5.82. The minimum atomic E-state index is -0.687. The van der Waals surface area contributed by atoms with E-state index in [0.29, 0.717) is 12.3 Å². The molecular formula is C21H36O4. The van der Waals surface area contributed by atoms with Crippen molar-refractivity contribution in [2.75, 3.05) is 7.11 Å². The monoisotopic (exact) mass is 352 g/mol. The fraction of sp³-hybridized carbons (Fsp3) is 0.857. The van der Waals surface area contributed by atoms with Crippen LogP contribution in [0.5, 0.6) is 0 Å². The Balaban J connectivity index is 2.32. The highest BCUT2D eigenvalue weighted by Gasteiger charge is 2.61. The van der Waals surface area contributed by atoms with Gasteiger partial charge in [-0.15, -0.1) is 0 Å². The fourth-order valence-electron chi connectivity index (χ4n) is 5.65. The summed E-state index contributed by atoms with van der Waals surface area (Å²) >= 11 is 0. The summed E-state index contributed by atoms with van der Waals surface area (Å²) in [6.07, 6.45) is 6.29. The van der Waals surface area contributed by atoms with E-state index in [1.165, 1.54) is 13.2 Å². The predicted octanol–water partition coefficient (Wildman–Crippen LogP) is 3.85. The Morgan fingerprint density at radius 1 is 1.28 bits per heavy atom. The lowest BCUT2D eigenvalue weighted by Gasteiger charge is -2.63. The number of hydrogen-bond donors (Lipinski definition) is 2. The average molecular weight is 353 g/mol. The third-order valence-electron chi connectivity index (χ3n) is 7.86. The van der Waals surface area contributed by atoms with Crippen molar-refractivity contribution in [1.29, 1.82) is 0 Å². The molecule has 4 heteroatoms. The fourth-order valence-corrected chi connectivity index (χ4v) is 5.65. The maximum Gasteiger partial charge on any atom is 0.330 e. The lowest BCUT2D eigenvalue weighted by atomic mass is 9.43. The van der Waals surface area contributed by atoms with Gasteiger partial charge < -0.3 is 14.9 Å². The summed E-state index contributed by atoms with van der Waals surface area (Å²) in [5.74, 6) is 0.269. The van der Waals surface area contributed by atoms with Crippen molar-refractivity contribution in [3.8, 4) is 0 Å². The lowest BCUT2D eigenvalue weighted by molar-refractivity contribution is -0.214. The van der Waals surface area contributed by atoms with Crippen molar-refractivity contribution in [3.05, 3.63) is 11.6 Å². The normalized spacial score (nSPS) is 43.3. The number of carbonyl (C=O) groups is 1. The van der Waals surface area contributed by atoms with Crippen molar-refractivity contribution in [1.82, 2.24) is 0 Å². The maximum atomic E-state index is 11.5. The van der Waals surface area contributed by atoms with Crippen LogP contribution in [0.3, 0.4) is 0 Å². The molecule has 2 N–H and O–H groups in total. The second-order valence-electron chi connectivity index (χ2n) is 9.18. The molecule has 144 valence electrons. The SMILES string of the molecule is COC(=O)/C=C(\C)C[C@@H](O)[C@@]1(C)[C@H](C)CC[C@]2(C)[C@@H]1CCC[C@]2(C)O. The van der Waals surface area contributed by atoms with E-state index in [-0.39, 0.29) is 22.7 Å². The van der Waals surface area contributed by atoms with Gasteiger partial charge in [-0.2, -0.15) is 0 Å². The molecule has 0 heterocycles. The highest BCUT2D eigenvalue weighted by atomic mass is 16.5.